The lowest BCUT2D eigenvalue weighted by Gasteiger charge is -2.35. The highest BCUT2D eigenvalue weighted by molar-refractivity contribution is 5.76. The van der Waals surface area contributed by atoms with Crippen LogP contribution in [0.5, 0.6) is 0 Å². The number of nitrogens with zero attached hydrogens (tertiary/aromatic N) is 1. The van der Waals surface area contributed by atoms with Gasteiger partial charge in [-0.25, -0.2) is 4.79 Å². The zero-order valence-electron chi connectivity index (χ0n) is 14.5. The van der Waals surface area contributed by atoms with Crippen LogP contribution in [-0.2, 0) is 9.53 Å². The second kappa shape index (κ2) is 9.11. The second-order valence-corrected chi connectivity index (χ2v) is 6.95. The van der Waals surface area contributed by atoms with Gasteiger partial charge in [0.15, 0.2) is 0 Å². The van der Waals surface area contributed by atoms with E-state index in [2.05, 4.69) is 10.6 Å². The van der Waals surface area contributed by atoms with Crippen molar-refractivity contribution in [1.82, 2.24) is 15.5 Å². The van der Waals surface area contributed by atoms with Crippen molar-refractivity contribution in [2.75, 3.05) is 26.2 Å². The number of amides is 3. The Bertz CT molecular complexity index is 387. The summed E-state index contributed by atoms with van der Waals surface area (Å²) in [7, 11) is 0. The largest absolute Gasteiger partial charge is 0.372 e. The van der Waals surface area contributed by atoms with Crippen molar-refractivity contribution in [3.63, 3.8) is 0 Å². The second-order valence-electron chi connectivity index (χ2n) is 6.95. The van der Waals surface area contributed by atoms with Gasteiger partial charge in [-0.05, 0) is 32.6 Å². The molecule has 2 rings (SSSR count). The SMILES string of the molecule is C[C@@H]1CN(C(=O)NCCNC(=O)CC2CCCCC2)C[C@@H](C)O1. The topological polar surface area (TPSA) is 70.7 Å². The van der Waals surface area contributed by atoms with Crippen LogP contribution < -0.4 is 10.6 Å². The first-order chi connectivity index (χ1) is 11.0. The molecule has 132 valence electrons. The molecular weight excluding hydrogens is 294 g/mol. The summed E-state index contributed by atoms with van der Waals surface area (Å²) in [6, 6.07) is -0.0754. The molecule has 1 saturated carbocycles. The maximum absolute atomic E-state index is 12.1. The maximum atomic E-state index is 12.1. The fourth-order valence-corrected chi connectivity index (χ4v) is 3.55. The van der Waals surface area contributed by atoms with Crippen molar-refractivity contribution < 1.29 is 14.3 Å². The summed E-state index contributed by atoms with van der Waals surface area (Å²) in [6.45, 7) is 6.14. The predicted molar refractivity (Wildman–Crippen MR) is 89.2 cm³/mol. The first-order valence-corrected chi connectivity index (χ1v) is 8.99. The van der Waals surface area contributed by atoms with Gasteiger partial charge in [0.2, 0.25) is 5.91 Å². The molecule has 0 spiro atoms. The summed E-state index contributed by atoms with van der Waals surface area (Å²) in [5.41, 5.74) is 0. The molecule has 23 heavy (non-hydrogen) atoms. The standard InChI is InChI=1S/C17H31N3O3/c1-13-11-20(12-14(2)23-13)17(22)19-9-8-18-16(21)10-15-6-4-3-5-7-15/h13-15H,3-12H2,1-2H3,(H,18,21)(H,19,22)/t13-,14-/m1/s1. The molecule has 6 heteroatoms. The van der Waals surface area contributed by atoms with Crippen LogP contribution in [-0.4, -0.2) is 55.2 Å². The Labute approximate surface area is 139 Å². The first-order valence-electron chi connectivity index (χ1n) is 8.99. The van der Waals surface area contributed by atoms with Crippen molar-refractivity contribution >= 4 is 11.9 Å². The number of hydrogen-bond acceptors (Lipinski definition) is 3. The molecule has 1 heterocycles. The van der Waals surface area contributed by atoms with Crippen molar-refractivity contribution in [1.29, 1.82) is 0 Å². The molecule has 3 amide bonds. The van der Waals surface area contributed by atoms with E-state index in [1.54, 1.807) is 4.90 Å². The molecule has 2 atom stereocenters. The van der Waals surface area contributed by atoms with E-state index in [-0.39, 0.29) is 24.1 Å². The van der Waals surface area contributed by atoms with Crippen LogP contribution in [0.15, 0.2) is 0 Å². The van der Waals surface area contributed by atoms with Crippen molar-refractivity contribution in [3.8, 4) is 0 Å². The molecule has 2 fully saturated rings. The summed E-state index contributed by atoms with van der Waals surface area (Å²) in [6.07, 6.45) is 6.94. The lowest BCUT2D eigenvalue weighted by atomic mass is 9.87. The summed E-state index contributed by atoms with van der Waals surface area (Å²) >= 11 is 0. The maximum Gasteiger partial charge on any atom is 0.317 e. The van der Waals surface area contributed by atoms with Gasteiger partial charge in [0.05, 0.1) is 12.2 Å². The average Bonchev–Trinajstić information content (AvgIpc) is 2.51. The summed E-state index contributed by atoms with van der Waals surface area (Å²) in [4.78, 5) is 25.8. The third-order valence-corrected chi connectivity index (χ3v) is 4.63. The quantitative estimate of drug-likeness (QED) is 0.758. The summed E-state index contributed by atoms with van der Waals surface area (Å²) in [5.74, 6) is 0.662. The Hall–Kier alpha value is -1.30. The minimum Gasteiger partial charge on any atom is -0.372 e. The van der Waals surface area contributed by atoms with Crippen LogP contribution in [0, 0.1) is 5.92 Å². The van der Waals surface area contributed by atoms with Crippen molar-refractivity contribution in [3.05, 3.63) is 0 Å². The Morgan fingerprint density at radius 2 is 1.61 bits per heavy atom. The van der Waals surface area contributed by atoms with Gasteiger partial charge in [-0.15, -0.1) is 0 Å². The van der Waals surface area contributed by atoms with E-state index in [1.807, 2.05) is 13.8 Å². The minimum absolute atomic E-state index is 0.0692. The van der Waals surface area contributed by atoms with E-state index in [1.165, 1.54) is 32.1 Å². The fraction of sp³-hybridized carbons (Fsp3) is 0.882. The number of hydrogen-bond donors (Lipinski definition) is 2. The molecule has 1 aliphatic carbocycles. The van der Waals surface area contributed by atoms with Crippen molar-refractivity contribution in [2.24, 2.45) is 5.92 Å². The summed E-state index contributed by atoms with van der Waals surface area (Å²) in [5, 5.41) is 5.78. The van der Waals surface area contributed by atoms with Crippen LogP contribution >= 0.6 is 0 Å². The third kappa shape index (κ3) is 6.37. The monoisotopic (exact) mass is 325 g/mol. The molecule has 0 radical (unpaired) electrons. The van der Waals surface area contributed by atoms with E-state index in [0.717, 1.165) is 0 Å². The van der Waals surface area contributed by atoms with Crippen molar-refractivity contribution in [2.45, 2.75) is 64.6 Å². The van der Waals surface area contributed by atoms with Crippen LogP contribution in [0.1, 0.15) is 52.4 Å². The Morgan fingerprint density at radius 3 is 2.26 bits per heavy atom. The summed E-state index contributed by atoms with van der Waals surface area (Å²) < 4.78 is 5.62. The van der Waals surface area contributed by atoms with E-state index >= 15 is 0 Å². The van der Waals surface area contributed by atoms with Gasteiger partial charge in [-0.2, -0.15) is 0 Å². The minimum atomic E-state index is -0.0754. The number of ether oxygens (including phenoxy) is 1. The van der Waals surface area contributed by atoms with E-state index in [0.29, 0.717) is 38.5 Å². The Balaban J connectivity index is 1.57. The van der Waals surface area contributed by atoms with Gasteiger partial charge in [-0.1, -0.05) is 19.3 Å². The molecular formula is C17H31N3O3. The molecule has 6 nitrogen and oxygen atoms in total. The predicted octanol–water partition coefficient (Wildman–Crippen LogP) is 1.89. The molecule has 0 aromatic carbocycles. The Morgan fingerprint density at radius 1 is 1.00 bits per heavy atom. The molecule has 0 unspecified atom stereocenters. The van der Waals surface area contributed by atoms with Gasteiger partial charge >= 0.3 is 6.03 Å². The zero-order valence-corrected chi connectivity index (χ0v) is 14.5. The van der Waals surface area contributed by atoms with Gasteiger partial charge in [-0.3, -0.25) is 4.79 Å². The highest BCUT2D eigenvalue weighted by atomic mass is 16.5. The normalized spacial score (nSPS) is 25.9. The smallest absolute Gasteiger partial charge is 0.317 e. The molecule has 0 aromatic rings. The molecule has 0 aromatic heterocycles. The lowest BCUT2D eigenvalue weighted by molar-refractivity contribution is -0.122. The molecule has 2 aliphatic rings. The molecule has 0 bridgehead atoms. The number of carbonyl (C=O) groups is 2. The van der Waals surface area contributed by atoms with Crippen LogP contribution in [0.4, 0.5) is 4.79 Å². The van der Waals surface area contributed by atoms with Gasteiger partial charge in [0.25, 0.3) is 0 Å². The fourth-order valence-electron chi connectivity index (χ4n) is 3.55. The zero-order chi connectivity index (χ0) is 16.7. The van der Waals surface area contributed by atoms with Crippen LogP contribution in [0.2, 0.25) is 0 Å². The van der Waals surface area contributed by atoms with Gasteiger partial charge < -0.3 is 20.3 Å². The van der Waals surface area contributed by atoms with E-state index < -0.39 is 0 Å². The highest BCUT2D eigenvalue weighted by Crippen LogP contribution is 2.25. The molecule has 1 aliphatic heterocycles. The highest BCUT2D eigenvalue weighted by Gasteiger charge is 2.25. The van der Waals surface area contributed by atoms with E-state index in [9.17, 15) is 9.59 Å². The average molecular weight is 325 g/mol. The Kier molecular flexibility index (Phi) is 7.15. The van der Waals surface area contributed by atoms with Crippen LogP contribution in [0.3, 0.4) is 0 Å². The number of morpholine rings is 1. The lowest BCUT2D eigenvalue weighted by Crippen LogP contribution is -2.52. The molecule has 1 saturated heterocycles. The number of carbonyl (C=O) groups excluding carboxylic acids is 2. The van der Waals surface area contributed by atoms with Gasteiger partial charge in [0, 0.05) is 32.6 Å². The number of urea groups is 1. The molecule has 2 N–H and O–H groups in total. The van der Waals surface area contributed by atoms with E-state index in [4.69, 9.17) is 4.74 Å². The number of nitrogens with one attached hydrogen (secondary N) is 2. The van der Waals surface area contributed by atoms with Crippen LogP contribution in [0.25, 0.3) is 0 Å². The third-order valence-electron chi connectivity index (χ3n) is 4.63. The number of rotatable bonds is 5. The first kappa shape index (κ1) is 18.0. The van der Waals surface area contributed by atoms with Gasteiger partial charge in [0.1, 0.15) is 0 Å².